The Hall–Kier alpha value is -1.94. The standard InChI is InChI=1S/C71H138O17P2/c1-7-9-11-13-15-17-19-21-22-23-24-25-26-27-29-31-35-43-49-55-70(75)87-66(59-81-68(73)53-47-41-34-30-28-20-18-16-14-12-10-8-2)61-85-89(77,78)83-57-65(72)58-84-90(79,80)86-62-67(60-82-69(74)54-48-42-38-37-40-46-52-64(5)6)88-71(76)56-50-44-36-32-33-39-45-51-63(3)4/h63-67,72H,7-62H2,1-6H3,(H,77,78)(H,79,80)/t65-,66-,67-/m1/s1. The predicted molar refractivity (Wildman–Crippen MR) is 363 cm³/mol. The topological polar surface area (TPSA) is 237 Å². The summed E-state index contributed by atoms with van der Waals surface area (Å²) in [6.07, 6.45) is 48.9. The average Bonchev–Trinajstić information content (AvgIpc) is 3.66. The largest absolute Gasteiger partial charge is 0.472 e. The highest BCUT2D eigenvalue weighted by molar-refractivity contribution is 7.47. The van der Waals surface area contributed by atoms with E-state index in [4.69, 9.17) is 37.0 Å². The summed E-state index contributed by atoms with van der Waals surface area (Å²) in [7, 11) is -9.90. The second-order valence-electron chi connectivity index (χ2n) is 26.6. The Kier molecular flexibility index (Phi) is 61.8. The van der Waals surface area contributed by atoms with Crippen molar-refractivity contribution in [2.24, 2.45) is 11.8 Å². The van der Waals surface area contributed by atoms with E-state index in [2.05, 4.69) is 41.5 Å². The fourth-order valence-corrected chi connectivity index (χ4v) is 12.3. The van der Waals surface area contributed by atoms with Gasteiger partial charge in [0.05, 0.1) is 26.4 Å². The molecule has 0 radical (unpaired) electrons. The van der Waals surface area contributed by atoms with Crippen molar-refractivity contribution in [3.63, 3.8) is 0 Å². The monoisotopic (exact) mass is 1320 g/mol. The molecule has 0 aromatic heterocycles. The van der Waals surface area contributed by atoms with Crippen LogP contribution in [0.25, 0.3) is 0 Å². The van der Waals surface area contributed by atoms with E-state index in [0.29, 0.717) is 37.5 Å². The lowest BCUT2D eigenvalue weighted by atomic mass is 10.0. The molecule has 0 rings (SSSR count). The van der Waals surface area contributed by atoms with Crippen LogP contribution in [0, 0.1) is 11.8 Å². The van der Waals surface area contributed by atoms with Crippen LogP contribution in [-0.2, 0) is 65.4 Å². The van der Waals surface area contributed by atoms with E-state index in [1.165, 1.54) is 173 Å². The van der Waals surface area contributed by atoms with E-state index >= 15 is 0 Å². The first-order valence-corrected chi connectivity index (χ1v) is 40.0. The van der Waals surface area contributed by atoms with E-state index in [9.17, 15) is 43.2 Å². The Morgan fingerprint density at radius 2 is 0.511 bits per heavy atom. The molecule has 90 heavy (non-hydrogen) atoms. The minimum absolute atomic E-state index is 0.103. The van der Waals surface area contributed by atoms with Crippen molar-refractivity contribution >= 4 is 39.5 Å². The maximum atomic E-state index is 13.0. The highest BCUT2D eigenvalue weighted by atomic mass is 31.2. The van der Waals surface area contributed by atoms with Gasteiger partial charge in [0, 0.05) is 25.7 Å². The van der Waals surface area contributed by atoms with Crippen molar-refractivity contribution in [3.8, 4) is 0 Å². The molecule has 0 saturated heterocycles. The molecule has 0 amide bonds. The minimum atomic E-state index is -4.95. The van der Waals surface area contributed by atoms with E-state index in [-0.39, 0.29) is 25.7 Å². The summed E-state index contributed by atoms with van der Waals surface area (Å²) in [4.78, 5) is 72.5. The third-order valence-electron chi connectivity index (χ3n) is 16.5. The van der Waals surface area contributed by atoms with Crippen LogP contribution in [0.1, 0.15) is 363 Å². The number of rotatable bonds is 70. The molecule has 0 spiro atoms. The zero-order valence-corrected chi connectivity index (χ0v) is 60.2. The van der Waals surface area contributed by atoms with Gasteiger partial charge in [-0.25, -0.2) is 9.13 Å². The van der Waals surface area contributed by atoms with Crippen LogP contribution in [0.2, 0.25) is 0 Å². The lowest BCUT2D eigenvalue weighted by Crippen LogP contribution is -2.30. The number of phosphoric ester groups is 2. The molecule has 0 saturated carbocycles. The summed E-state index contributed by atoms with van der Waals surface area (Å²) >= 11 is 0. The van der Waals surface area contributed by atoms with Gasteiger partial charge in [0.2, 0.25) is 0 Å². The molecule has 0 aliphatic rings. The molecule has 17 nitrogen and oxygen atoms in total. The van der Waals surface area contributed by atoms with Crippen molar-refractivity contribution in [2.75, 3.05) is 39.6 Å². The van der Waals surface area contributed by atoms with Gasteiger partial charge in [-0.2, -0.15) is 0 Å². The Morgan fingerprint density at radius 3 is 0.756 bits per heavy atom. The molecule has 0 aliphatic carbocycles. The molecule has 5 atom stereocenters. The molecule has 0 aliphatic heterocycles. The Labute approximate surface area is 549 Å². The number of esters is 4. The maximum absolute atomic E-state index is 13.0. The molecule has 0 aromatic rings. The van der Waals surface area contributed by atoms with Gasteiger partial charge in [-0.1, -0.05) is 311 Å². The Bertz CT molecular complexity index is 1750. The molecule has 0 heterocycles. The van der Waals surface area contributed by atoms with Crippen molar-refractivity contribution in [3.05, 3.63) is 0 Å². The zero-order chi connectivity index (χ0) is 66.5. The summed E-state index contributed by atoms with van der Waals surface area (Å²) in [5.74, 6) is -0.752. The van der Waals surface area contributed by atoms with Crippen LogP contribution < -0.4 is 0 Å². The molecule has 534 valence electrons. The van der Waals surface area contributed by atoms with Gasteiger partial charge in [-0.15, -0.1) is 0 Å². The fourth-order valence-electron chi connectivity index (χ4n) is 10.8. The first-order chi connectivity index (χ1) is 43.4. The normalized spacial score (nSPS) is 14.1. The summed E-state index contributed by atoms with van der Waals surface area (Å²) in [5.41, 5.74) is 0. The van der Waals surface area contributed by atoms with Gasteiger partial charge in [0.25, 0.3) is 0 Å². The van der Waals surface area contributed by atoms with Crippen molar-refractivity contribution in [2.45, 2.75) is 381 Å². The summed E-state index contributed by atoms with van der Waals surface area (Å²) in [6, 6.07) is 0. The molecular weight excluding hydrogens is 1190 g/mol. The third kappa shape index (κ3) is 64.8. The second-order valence-corrected chi connectivity index (χ2v) is 29.5. The van der Waals surface area contributed by atoms with Gasteiger partial charge in [0.1, 0.15) is 19.3 Å². The molecule has 0 fully saturated rings. The van der Waals surface area contributed by atoms with Crippen LogP contribution in [0.4, 0.5) is 0 Å². The number of aliphatic hydroxyl groups excluding tert-OH is 1. The number of carbonyl (C=O) groups is 4. The number of aliphatic hydroxyl groups is 1. The summed E-state index contributed by atoms with van der Waals surface area (Å²) < 4.78 is 68.2. The van der Waals surface area contributed by atoms with Gasteiger partial charge in [-0.3, -0.25) is 37.3 Å². The molecule has 2 unspecified atom stereocenters. The number of hydrogen-bond donors (Lipinski definition) is 3. The third-order valence-corrected chi connectivity index (χ3v) is 18.4. The van der Waals surface area contributed by atoms with Gasteiger partial charge >= 0.3 is 39.5 Å². The lowest BCUT2D eigenvalue weighted by molar-refractivity contribution is -0.161. The van der Waals surface area contributed by atoms with E-state index in [1.54, 1.807) is 0 Å². The van der Waals surface area contributed by atoms with Gasteiger partial charge < -0.3 is 33.8 Å². The van der Waals surface area contributed by atoms with Crippen molar-refractivity contribution in [1.82, 2.24) is 0 Å². The maximum Gasteiger partial charge on any atom is 0.472 e. The van der Waals surface area contributed by atoms with Crippen molar-refractivity contribution < 1.29 is 80.2 Å². The predicted octanol–water partition coefficient (Wildman–Crippen LogP) is 20.4. The second kappa shape index (κ2) is 63.1. The minimum Gasteiger partial charge on any atom is -0.462 e. The van der Waals surface area contributed by atoms with Crippen LogP contribution in [0.15, 0.2) is 0 Å². The van der Waals surface area contributed by atoms with Crippen LogP contribution in [-0.4, -0.2) is 96.7 Å². The number of carbonyl (C=O) groups excluding carboxylic acids is 4. The number of phosphoric acid groups is 2. The summed E-state index contributed by atoms with van der Waals surface area (Å²) in [5, 5.41) is 10.6. The van der Waals surface area contributed by atoms with E-state index < -0.39 is 97.5 Å². The SMILES string of the molecule is CCCCCCCCCCCCCCCCCCCCCC(=O)O[C@H](COC(=O)CCCCCCCCCCCCCC)COP(=O)(O)OC[C@@H](O)COP(=O)(O)OC[C@@H](COC(=O)CCCCCCCCC(C)C)OC(=O)CCCCCCCCCC(C)C. The highest BCUT2D eigenvalue weighted by Crippen LogP contribution is 2.45. The molecule has 19 heteroatoms. The van der Waals surface area contributed by atoms with Crippen LogP contribution in [0.5, 0.6) is 0 Å². The fraction of sp³-hybridized carbons (Fsp3) is 0.944. The molecule has 3 N–H and O–H groups in total. The number of ether oxygens (including phenoxy) is 4. The van der Waals surface area contributed by atoms with Gasteiger partial charge in [-0.05, 0) is 37.5 Å². The molecule has 0 bridgehead atoms. The lowest BCUT2D eigenvalue weighted by Gasteiger charge is -2.21. The first kappa shape index (κ1) is 88.1. The molecule has 0 aromatic carbocycles. The summed E-state index contributed by atoms with van der Waals surface area (Å²) in [6.45, 7) is 9.40. The smallest absolute Gasteiger partial charge is 0.462 e. The van der Waals surface area contributed by atoms with Crippen LogP contribution >= 0.6 is 15.6 Å². The Morgan fingerprint density at radius 1 is 0.300 bits per heavy atom. The number of unbranched alkanes of at least 4 members (excludes halogenated alkanes) is 40. The van der Waals surface area contributed by atoms with E-state index in [1.807, 2.05) is 0 Å². The quantitative estimate of drug-likeness (QED) is 0.0222. The van der Waals surface area contributed by atoms with E-state index in [0.717, 1.165) is 96.3 Å². The average molecular weight is 1330 g/mol. The highest BCUT2D eigenvalue weighted by Gasteiger charge is 2.30. The zero-order valence-electron chi connectivity index (χ0n) is 58.4. The van der Waals surface area contributed by atoms with Gasteiger partial charge in [0.15, 0.2) is 12.2 Å². The first-order valence-electron chi connectivity index (χ1n) is 37.0. The number of hydrogen-bond acceptors (Lipinski definition) is 15. The van der Waals surface area contributed by atoms with Crippen LogP contribution in [0.3, 0.4) is 0 Å². The Balaban J connectivity index is 5.19. The van der Waals surface area contributed by atoms with Crippen molar-refractivity contribution in [1.29, 1.82) is 0 Å². The molecular formula is C71H138O17P2.